The van der Waals surface area contributed by atoms with Crippen molar-refractivity contribution in [1.29, 1.82) is 0 Å². The van der Waals surface area contributed by atoms with Gasteiger partial charge in [-0.25, -0.2) is 0 Å². The Hall–Kier alpha value is -3.85. The highest BCUT2D eigenvalue weighted by molar-refractivity contribution is 5.95. The maximum atomic E-state index is 12.6. The lowest BCUT2D eigenvalue weighted by Gasteiger charge is -2.11. The molecule has 34 heavy (non-hydrogen) atoms. The minimum absolute atomic E-state index is 0.142. The van der Waals surface area contributed by atoms with E-state index in [9.17, 15) is 22.8 Å². The summed E-state index contributed by atoms with van der Waals surface area (Å²) < 4.78 is 46.8. The van der Waals surface area contributed by atoms with Gasteiger partial charge in [0.1, 0.15) is 19.0 Å². The van der Waals surface area contributed by atoms with Gasteiger partial charge in [0.15, 0.2) is 0 Å². The third-order valence-corrected chi connectivity index (χ3v) is 4.75. The van der Waals surface area contributed by atoms with Crippen LogP contribution >= 0.6 is 0 Å². The van der Waals surface area contributed by atoms with E-state index in [1.165, 1.54) is 0 Å². The zero-order valence-corrected chi connectivity index (χ0v) is 18.1. The fourth-order valence-corrected chi connectivity index (χ4v) is 3.08. The van der Waals surface area contributed by atoms with Crippen LogP contribution in [0.4, 0.5) is 13.2 Å². The molecule has 0 heterocycles. The maximum absolute atomic E-state index is 12.6. The molecule has 0 bridgehead atoms. The van der Waals surface area contributed by atoms with Gasteiger partial charge >= 0.3 is 6.18 Å². The number of amides is 2. The van der Waals surface area contributed by atoms with Gasteiger partial charge in [-0.2, -0.15) is 13.2 Å². The molecule has 0 radical (unpaired) electrons. The third-order valence-electron chi connectivity index (χ3n) is 4.75. The van der Waals surface area contributed by atoms with Crippen LogP contribution in [0.15, 0.2) is 72.8 Å². The first kappa shape index (κ1) is 24.8. The molecule has 0 aromatic heterocycles. The van der Waals surface area contributed by atoms with Gasteiger partial charge in [-0.1, -0.05) is 48.5 Å². The minimum atomic E-state index is -4.36. The van der Waals surface area contributed by atoms with E-state index in [1.54, 1.807) is 72.8 Å². The smallest absolute Gasteiger partial charge is 0.411 e. The van der Waals surface area contributed by atoms with Crippen molar-refractivity contribution in [2.24, 2.45) is 5.73 Å². The van der Waals surface area contributed by atoms with Crippen LogP contribution in [-0.4, -0.2) is 24.6 Å². The molecule has 178 valence electrons. The van der Waals surface area contributed by atoms with Crippen LogP contribution in [0.2, 0.25) is 0 Å². The van der Waals surface area contributed by atoms with Crippen LogP contribution in [0.5, 0.6) is 5.75 Å². The Morgan fingerprint density at radius 2 is 1.56 bits per heavy atom. The Labute approximate surface area is 194 Å². The van der Waals surface area contributed by atoms with E-state index < -0.39 is 18.7 Å². The van der Waals surface area contributed by atoms with Crippen molar-refractivity contribution in [2.75, 3.05) is 6.61 Å². The largest absolute Gasteiger partial charge is 0.488 e. The zero-order valence-electron chi connectivity index (χ0n) is 18.1. The lowest BCUT2D eigenvalue weighted by Crippen LogP contribution is -2.23. The van der Waals surface area contributed by atoms with Crippen LogP contribution < -0.4 is 15.8 Å². The number of primary amides is 1. The van der Waals surface area contributed by atoms with E-state index in [0.29, 0.717) is 16.9 Å². The van der Waals surface area contributed by atoms with E-state index in [-0.39, 0.29) is 31.2 Å². The van der Waals surface area contributed by atoms with Crippen molar-refractivity contribution >= 4 is 11.8 Å². The van der Waals surface area contributed by atoms with Crippen molar-refractivity contribution in [1.82, 2.24) is 5.32 Å². The van der Waals surface area contributed by atoms with Gasteiger partial charge < -0.3 is 20.5 Å². The molecule has 3 rings (SSSR count). The first-order valence-electron chi connectivity index (χ1n) is 10.3. The Morgan fingerprint density at radius 3 is 2.26 bits per heavy atom. The van der Waals surface area contributed by atoms with E-state index >= 15 is 0 Å². The normalized spacial score (nSPS) is 11.1. The summed E-state index contributed by atoms with van der Waals surface area (Å²) in [6, 6.07) is 20.2. The number of hydrogen-bond acceptors (Lipinski definition) is 4. The molecule has 0 fully saturated rings. The lowest BCUT2D eigenvalue weighted by atomic mass is 10.1. The Morgan fingerprint density at radius 1 is 0.853 bits per heavy atom. The van der Waals surface area contributed by atoms with Gasteiger partial charge in [0.05, 0.1) is 12.2 Å². The highest BCUT2D eigenvalue weighted by atomic mass is 19.4. The minimum Gasteiger partial charge on any atom is -0.488 e. The van der Waals surface area contributed by atoms with E-state index in [4.69, 9.17) is 10.5 Å². The number of nitrogens with two attached hydrogens (primary N) is 1. The standard InChI is InChI=1S/C25H23F3N2O4/c26-25(27,28)16-33-14-18-10-8-17(9-11-18)13-30-24(32)20-5-3-4-19(12-20)15-34-22-7-2-1-6-21(22)23(29)31/h1-12H,13-16H2,(H2,29,31)(H,30,32). The van der Waals surface area contributed by atoms with Crippen LogP contribution in [0.25, 0.3) is 0 Å². The molecule has 0 unspecified atom stereocenters. The van der Waals surface area contributed by atoms with Gasteiger partial charge in [-0.3, -0.25) is 9.59 Å². The zero-order chi connectivity index (χ0) is 24.6. The second-order valence-corrected chi connectivity index (χ2v) is 7.46. The first-order valence-corrected chi connectivity index (χ1v) is 10.3. The molecule has 2 amide bonds. The molecule has 0 aliphatic heterocycles. The quantitative estimate of drug-likeness (QED) is 0.458. The first-order chi connectivity index (χ1) is 16.2. The summed E-state index contributed by atoms with van der Waals surface area (Å²) in [4.78, 5) is 24.1. The number of rotatable bonds is 10. The molecular weight excluding hydrogens is 449 g/mol. The van der Waals surface area contributed by atoms with E-state index in [1.807, 2.05) is 0 Å². The number of halogens is 3. The molecule has 0 saturated carbocycles. The lowest BCUT2D eigenvalue weighted by molar-refractivity contribution is -0.176. The summed E-state index contributed by atoms with van der Waals surface area (Å²) in [6.07, 6.45) is -4.36. The topological polar surface area (TPSA) is 90.7 Å². The van der Waals surface area contributed by atoms with Crippen LogP contribution in [0.3, 0.4) is 0 Å². The van der Waals surface area contributed by atoms with Gasteiger partial charge in [0, 0.05) is 12.1 Å². The SMILES string of the molecule is NC(=O)c1ccccc1OCc1cccc(C(=O)NCc2ccc(COCC(F)(F)F)cc2)c1. The average Bonchev–Trinajstić information content (AvgIpc) is 2.81. The number of carbonyl (C=O) groups excluding carboxylic acids is 2. The van der Waals surface area contributed by atoms with Crippen molar-refractivity contribution in [3.05, 3.63) is 101 Å². The van der Waals surface area contributed by atoms with Crippen LogP contribution in [0.1, 0.15) is 37.4 Å². The fourth-order valence-electron chi connectivity index (χ4n) is 3.08. The summed E-state index contributed by atoms with van der Waals surface area (Å²) in [7, 11) is 0. The summed E-state index contributed by atoms with van der Waals surface area (Å²) in [5, 5.41) is 2.80. The van der Waals surface area contributed by atoms with Crippen molar-refractivity contribution in [3.8, 4) is 5.75 Å². The molecule has 0 aliphatic carbocycles. The molecule has 0 saturated heterocycles. The molecule has 3 N–H and O–H groups in total. The van der Waals surface area contributed by atoms with Crippen molar-refractivity contribution in [2.45, 2.75) is 25.9 Å². The Balaban J connectivity index is 1.52. The summed E-state index contributed by atoms with van der Waals surface area (Å²) in [6.45, 7) is -1.06. The van der Waals surface area contributed by atoms with Crippen LogP contribution in [0, 0.1) is 0 Å². The van der Waals surface area contributed by atoms with Gasteiger partial charge in [-0.15, -0.1) is 0 Å². The van der Waals surface area contributed by atoms with Crippen LogP contribution in [-0.2, 0) is 24.5 Å². The summed E-state index contributed by atoms with van der Waals surface area (Å²) >= 11 is 0. The number of para-hydroxylation sites is 1. The molecule has 6 nitrogen and oxygen atoms in total. The van der Waals surface area contributed by atoms with Gasteiger partial charge in [-0.05, 0) is 41.0 Å². The van der Waals surface area contributed by atoms with Crippen molar-refractivity contribution in [3.63, 3.8) is 0 Å². The molecule has 0 spiro atoms. The number of ether oxygens (including phenoxy) is 2. The number of hydrogen-bond donors (Lipinski definition) is 2. The number of alkyl halides is 3. The predicted molar refractivity (Wildman–Crippen MR) is 119 cm³/mol. The molecule has 3 aromatic rings. The summed E-state index contributed by atoms with van der Waals surface area (Å²) in [5.74, 6) is -0.528. The summed E-state index contributed by atoms with van der Waals surface area (Å²) in [5.41, 5.74) is 8.18. The fraction of sp³-hybridized carbons (Fsp3) is 0.200. The van der Waals surface area contributed by atoms with Gasteiger partial charge in [0.2, 0.25) is 0 Å². The Kier molecular flexibility index (Phi) is 8.26. The molecule has 3 aromatic carbocycles. The van der Waals surface area contributed by atoms with E-state index in [2.05, 4.69) is 10.1 Å². The maximum Gasteiger partial charge on any atom is 0.411 e. The number of benzene rings is 3. The number of nitrogens with one attached hydrogen (secondary N) is 1. The highest BCUT2D eigenvalue weighted by Gasteiger charge is 2.27. The molecule has 0 aliphatic rings. The third kappa shape index (κ3) is 7.63. The monoisotopic (exact) mass is 472 g/mol. The molecule has 0 atom stereocenters. The molecule has 9 heteroatoms. The van der Waals surface area contributed by atoms with E-state index in [0.717, 1.165) is 11.1 Å². The Bertz CT molecular complexity index is 1130. The predicted octanol–water partition coefficient (Wildman–Crippen LogP) is 4.37. The van der Waals surface area contributed by atoms with Gasteiger partial charge in [0.25, 0.3) is 11.8 Å². The number of carbonyl (C=O) groups is 2. The highest BCUT2D eigenvalue weighted by Crippen LogP contribution is 2.19. The van der Waals surface area contributed by atoms with Crippen molar-refractivity contribution < 1.29 is 32.2 Å². The second-order valence-electron chi connectivity index (χ2n) is 7.46. The average molecular weight is 472 g/mol. The second kappa shape index (κ2) is 11.3. The molecular formula is C25H23F3N2O4.